The fourth-order valence-electron chi connectivity index (χ4n) is 3.43. The number of aromatic nitrogens is 4. The third-order valence-electron chi connectivity index (χ3n) is 4.84. The summed E-state index contributed by atoms with van der Waals surface area (Å²) < 4.78 is 1.94. The predicted molar refractivity (Wildman–Crippen MR) is 93.8 cm³/mol. The van der Waals surface area contributed by atoms with Gasteiger partial charge in [-0.15, -0.1) is 5.10 Å². The number of hydrogen-bond acceptors (Lipinski definition) is 5. The molecule has 3 aromatic rings. The van der Waals surface area contributed by atoms with Crippen LogP contribution in [-0.4, -0.2) is 52.2 Å². The summed E-state index contributed by atoms with van der Waals surface area (Å²) in [6.45, 7) is 3.03. The van der Waals surface area contributed by atoms with Crippen LogP contribution in [0.3, 0.4) is 0 Å². The van der Waals surface area contributed by atoms with Crippen molar-refractivity contribution in [2.45, 2.75) is 6.04 Å². The molecule has 2 fully saturated rings. The number of urea groups is 1. The van der Waals surface area contributed by atoms with E-state index in [1.165, 1.54) is 0 Å². The van der Waals surface area contributed by atoms with Crippen LogP contribution in [0.5, 0.6) is 0 Å². The molecule has 5 rings (SSSR count). The fourth-order valence-corrected chi connectivity index (χ4v) is 3.43. The van der Waals surface area contributed by atoms with Gasteiger partial charge in [-0.3, -0.25) is 9.58 Å². The van der Waals surface area contributed by atoms with Gasteiger partial charge in [-0.05, 0) is 0 Å². The summed E-state index contributed by atoms with van der Waals surface area (Å²) in [5.41, 5.74) is 0.846. The normalized spacial score (nSPS) is 17.8. The second-order valence-electron chi connectivity index (χ2n) is 6.38. The minimum Gasteiger partial charge on any atom is -0.350 e. The number of anilines is 2. The molecule has 0 atom stereocenters. The number of carbonyl (C=O) groups is 1. The number of nitrogens with zero attached hydrogens (tertiary/aromatic N) is 6. The van der Waals surface area contributed by atoms with Gasteiger partial charge in [-0.1, -0.05) is 24.3 Å². The lowest BCUT2D eigenvalue weighted by Crippen LogP contribution is -2.48. The highest BCUT2D eigenvalue weighted by molar-refractivity contribution is 5.93. The fraction of sp³-hybridized carbons (Fsp3) is 0.294. The zero-order valence-corrected chi connectivity index (χ0v) is 13.5. The second-order valence-corrected chi connectivity index (χ2v) is 6.38. The van der Waals surface area contributed by atoms with Crippen LogP contribution < -0.4 is 15.1 Å². The number of hydrogen-bond donors (Lipinski definition) is 1. The van der Waals surface area contributed by atoms with Gasteiger partial charge in [0, 0.05) is 43.1 Å². The summed E-state index contributed by atoms with van der Waals surface area (Å²) in [5.74, 6) is 0.917. The average Bonchev–Trinajstić information content (AvgIpc) is 3.23. The third-order valence-corrected chi connectivity index (χ3v) is 4.84. The molecule has 0 saturated carbocycles. The Morgan fingerprint density at radius 3 is 2.88 bits per heavy atom. The predicted octanol–water partition coefficient (Wildman–Crippen LogP) is 1.42. The van der Waals surface area contributed by atoms with Gasteiger partial charge < -0.3 is 10.2 Å². The van der Waals surface area contributed by atoms with Crippen LogP contribution in [0.4, 0.5) is 16.3 Å². The molecule has 0 spiro atoms. The highest BCUT2D eigenvalue weighted by Crippen LogP contribution is 2.31. The lowest BCUT2D eigenvalue weighted by Gasteiger charge is -2.40. The van der Waals surface area contributed by atoms with Crippen molar-refractivity contribution in [3.8, 4) is 0 Å². The van der Waals surface area contributed by atoms with Gasteiger partial charge in [0.1, 0.15) is 0 Å². The molecule has 1 N–H and O–H groups in total. The molecular weight excluding hydrogens is 318 g/mol. The van der Waals surface area contributed by atoms with Gasteiger partial charge in [0.15, 0.2) is 5.82 Å². The first-order valence-electron chi connectivity index (χ1n) is 8.34. The molecule has 2 aliphatic heterocycles. The van der Waals surface area contributed by atoms with Crippen LogP contribution in [0.2, 0.25) is 0 Å². The topological polar surface area (TPSA) is 79.2 Å². The van der Waals surface area contributed by atoms with Crippen LogP contribution >= 0.6 is 0 Å². The van der Waals surface area contributed by atoms with E-state index in [1.807, 2.05) is 29.1 Å². The smallest absolute Gasteiger partial charge is 0.322 e. The Kier molecular flexibility index (Phi) is 3.09. The Bertz CT molecular complexity index is 942. The monoisotopic (exact) mass is 335 g/mol. The molecule has 0 unspecified atom stereocenters. The van der Waals surface area contributed by atoms with Gasteiger partial charge in [0.25, 0.3) is 0 Å². The minimum atomic E-state index is -0.0548. The lowest BCUT2D eigenvalue weighted by atomic mass is 10.1. The van der Waals surface area contributed by atoms with E-state index in [-0.39, 0.29) is 12.1 Å². The van der Waals surface area contributed by atoms with Gasteiger partial charge in [0.2, 0.25) is 0 Å². The number of fused-ring (bicyclic) bond motifs is 1. The Balaban J connectivity index is 1.33. The van der Waals surface area contributed by atoms with E-state index in [9.17, 15) is 4.79 Å². The van der Waals surface area contributed by atoms with E-state index >= 15 is 0 Å². The summed E-state index contributed by atoms with van der Waals surface area (Å²) in [7, 11) is 0. The summed E-state index contributed by atoms with van der Waals surface area (Å²) in [4.78, 5) is 15.7. The van der Waals surface area contributed by atoms with Crippen LogP contribution in [-0.2, 0) is 0 Å². The van der Waals surface area contributed by atoms with E-state index in [0.29, 0.717) is 13.1 Å². The van der Waals surface area contributed by atoms with Crippen LogP contribution in [0.15, 0.2) is 42.9 Å². The maximum atomic E-state index is 11.8. The van der Waals surface area contributed by atoms with Crippen molar-refractivity contribution in [1.29, 1.82) is 0 Å². The highest BCUT2D eigenvalue weighted by Gasteiger charge is 2.32. The van der Waals surface area contributed by atoms with Crippen LogP contribution in [0, 0.1) is 0 Å². The molecule has 126 valence electrons. The maximum Gasteiger partial charge on any atom is 0.322 e. The van der Waals surface area contributed by atoms with Crippen LogP contribution in [0.25, 0.3) is 10.8 Å². The van der Waals surface area contributed by atoms with Gasteiger partial charge in [-0.25, -0.2) is 4.79 Å². The number of rotatable bonds is 3. The number of amides is 2. The summed E-state index contributed by atoms with van der Waals surface area (Å²) in [5, 5.41) is 17.9. The largest absolute Gasteiger partial charge is 0.350 e. The van der Waals surface area contributed by atoms with Crippen molar-refractivity contribution in [2.75, 3.05) is 36.0 Å². The summed E-state index contributed by atoms with van der Waals surface area (Å²) in [6, 6.07) is 8.37. The van der Waals surface area contributed by atoms with Crippen LogP contribution in [0.1, 0.15) is 6.04 Å². The third kappa shape index (κ3) is 2.29. The van der Waals surface area contributed by atoms with Gasteiger partial charge in [0.05, 0.1) is 24.1 Å². The molecule has 2 aliphatic rings. The summed E-state index contributed by atoms with van der Waals surface area (Å²) in [6.07, 6.45) is 5.49. The molecule has 2 amide bonds. The van der Waals surface area contributed by atoms with Crippen molar-refractivity contribution >= 4 is 28.3 Å². The van der Waals surface area contributed by atoms with Gasteiger partial charge in [-0.2, -0.15) is 10.2 Å². The van der Waals surface area contributed by atoms with Crippen molar-refractivity contribution in [1.82, 2.24) is 25.3 Å². The zero-order valence-electron chi connectivity index (χ0n) is 13.5. The molecule has 0 radical (unpaired) electrons. The summed E-state index contributed by atoms with van der Waals surface area (Å²) >= 11 is 0. The van der Waals surface area contributed by atoms with Crippen molar-refractivity contribution < 1.29 is 4.79 Å². The quantitative estimate of drug-likeness (QED) is 0.783. The van der Waals surface area contributed by atoms with E-state index in [2.05, 4.69) is 31.6 Å². The maximum absolute atomic E-state index is 11.8. The molecule has 0 bridgehead atoms. The molecule has 8 nitrogen and oxygen atoms in total. The first-order chi connectivity index (χ1) is 12.3. The zero-order chi connectivity index (χ0) is 16.8. The van der Waals surface area contributed by atoms with E-state index < -0.39 is 0 Å². The average molecular weight is 335 g/mol. The molecule has 0 aliphatic carbocycles. The molecule has 8 heteroatoms. The first kappa shape index (κ1) is 14.2. The van der Waals surface area contributed by atoms with Crippen molar-refractivity contribution in [3.05, 3.63) is 42.9 Å². The molecule has 25 heavy (non-hydrogen) atoms. The molecule has 2 aromatic heterocycles. The Hall–Kier alpha value is -3.16. The highest BCUT2D eigenvalue weighted by atomic mass is 16.2. The first-order valence-corrected chi connectivity index (χ1v) is 8.34. The number of carbonyl (C=O) groups excluding carboxylic acids is 1. The standard InChI is InChI=1S/C17H17N7O/c25-17-18-5-6-23(17)13-8-20-24(11-13)14-9-22(10-14)16-15-4-2-1-3-12(15)7-19-21-16/h1-4,7-8,11,14H,5-6,9-10H2,(H,18,25). The van der Waals surface area contributed by atoms with Crippen molar-refractivity contribution in [2.24, 2.45) is 0 Å². The van der Waals surface area contributed by atoms with Gasteiger partial charge >= 0.3 is 6.03 Å². The molecule has 1 aromatic carbocycles. The number of benzene rings is 1. The minimum absolute atomic E-state index is 0.0548. The van der Waals surface area contributed by atoms with E-state index in [0.717, 1.165) is 35.4 Å². The van der Waals surface area contributed by atoms with Crippen molar-refractivity contribution in [3.63, 3.8) is 0 Å². The molecular formula is C17H17N7O. The molecule has 2 saturated heterocycles. The molecule has 4 heterocycles. The second kappa shape index (κ2) is 5.44. The lowest BCUT2D eigenvalue weighted by molar-refractivity contribution is 0.252. The Morgan fingerprint density at radius 1 is 1.16 bits per heavy atom. The van der Waals surface area contributed by atoms with E-state index in [4.69, 9.17) is 0 Å². The Morgan fingerprint density at radius 2 is 2.04 bits per heavy atom. The SMILES string of the molecule is O=C1NCCN1c1cnn(C2CN(c3nncc4ccccc34)C2)c1. The number of nitrogens with one attached hydrogen (secondary N) is 1. The Labute approximate surface area is 144 Å². The van der Waals surface area contributed by atoms with E-state index in [1.54, 1.807) is 17.3 Å².